The minimum absolute atomic E-state index is 0.138. The van der Waals surface area contributed by atoms with E-state index in [4.69, 9.17) is 0 Å². The molecular weight excluding hydrogens is 226 g/mol. The number of aryl methyl sites for hydroxylation is 1. The number of nitrogens with zero attached hydrogens (tertiary/aromatic N) is 2. The maximum atomic E-state index is 12.0. The molecule has 2 heterocycles. The van der Waals surface area contributed by atoms with E-state index in [1.807, 2.05) is 44.2 Å². The molecule has 1 unspecified atom stereocenters. The summed E-state index contributed by atoms with van der Waals surface area (Å²) in [6, 6.07) is 10.9. The molecule has 0 aliphatic heterocycles. The van der Waals surface area contributed by atoms with Gasteiger partial charge in [0.05, 0.1) is 11.7 Å². The van der Waals surface area contributed by atoms with Gasteiger partial charge in [0.1, 0.15) is 5.69 Å². The lowest BCUT2D eigenvalue weighted by Crippen LogP contribution is -2.28. The number of rotatable bonds is 3. The van der Waals surface area contributed by atoms with Crippen molar-refractivity contribution >= 4 is 5.91 Å². The van der Waals surface area contributed by atoms with Crippen molar-refractivity contribution in [3.05, 3.63) is 59.7 Å². The van der Waals surface area contributed by atoms with E-state index < -0.39 is 0 Å². The Hall–Kier alpha value is -2.23. The van der Waals surface area contributed by atoms with E-state index in [1.165, 1.54) is 0 Å². The van der Waals surface area contributed by atoms with Crippen molar-refractivity contribution in [3.63, 3.8) is 0 Å². The number of pyridine rings is 2. The monoisotopic (exact) mass is 241 g/mol. The fourth-order valence-electron chi connectivity index (χ4n) is 1.65. The minimum atomic E-state index is -0.183. The minimum Gasteiger partial charge on any atom is -0.343 e. The van der Waals surface area contributed by atoms with Gasteiger partial charge in [-0.1, -0.05) is 12.1 Å². The van der Waals surface area contributed by atoms with Gasteiger partial charge in [-0.2, -0.15) is 0 Å². The molecule has 2 aromatic heterocycles. The number of carbonyl (C=O) groups is 1. The number of nitrogens with one attached hydrogen (secondary N) is 1. The molecule has 18 heavy (non-hydrogen) atoms. The Labute approximate surface area is 106 Å². The molecule has 0 spiro atoms. The zero-order valence-electron chi connectivity index (χ0n) is 10.4. The molecule has 2 rings (SSSR count). The smallest absolute Gasteiger partial charge is 0.270 e. The summed E-state index contributed by atoms with van der Waals surface area (Å²) in [7, 11) is 0. The van der Waals surface area contributed by atoms with Crippen LogP contribution in [0.2, 0.25) is 0 Å². The SMILES string of the molecule is Cc1cccc(C(=O)NC(C)c2ccccn2)n1. The van der Waals surface area contributed by atoms with Crippen LogP contribution in [-0.2, 0) is 0 Å². The number of hydrogen-bond acceptors (Lipinski definition) is 3. The van der Waals surface area contributed by atoms with Crippen molar-refractivity contribution in [2.75, 3.05) is 0 Å². The summed E-state index contributed by atoms with van der Waals surface area (Å²) in [6.07, 6.45) is 1.71. The van der Waals surface area contributed by atoms with Gasteiger partial charge in [-0.25, -0.2) is 4.98 Å². The molecule has 0 bridgehead atoms. The largest absolute Gasteiger partial charge is 0.343 e. The lowest BCUT2D eigenvalue weighted by molar-refractivity contribution is 0.0934. The van der Waals surface area contributed by atoms with Gasteiger partial charge in [-0.15, -0.1) is 0 Å². The van der Waals surface area contributed by atoms with Gasteiger partial charge in [0.25, 0.3) is 5.91 Å². The topological polar surface area (TPSA) is 54.9 Å². The van der Waals surface area contributed by atoms with Gasteiger partial charge in [-0.3, -0.25) is 9.78 Å². The number of amides is 1. The summed E-state index contributed by atoms with van der Waals surface area (Å²) in [6.45, 7) is 3.76. The highest BCUT2D eigenvalue weighted by molar-refractivity contribution is 5.92. The van der Waals surface area contributed by atoms with E-state index >= 15 is 0 Å². The summed E-state index contributed by atoms with van der Waals surface area (Å²) in [4.78, 5) is 20.4. The number of aromatic nitrogens is 2. The first-order chi connectivity index (χ1) is 8.66. The zero-order valence-corrected chi connectivity index (χ0v) is 10.4. The Bertz CT molecular complexity index is 540. The third kappa shape index (κ3) is 2.91. The molecule has 1 N–H and O–H groups in total. The summed E-state index contributed by atoms with van der Waals surface area (Å²) in [5, 5.41) is 2.88. The van der Waals surface area contributed by atoms with Gasteiger partial charge < -0.3 is 5.32 Å². The number of carbonyl (C=O) groups excluding carboxylic acids is 1. The van der Waals surface area contributed by atoms with E-state index in [2.05, 4.69) is 15.3 Å². The van der Waals surface area contributed by atoms with Gasteiger partial charge in [-0.05, 0) is 38.1 Å². The standard InChI is InChI=1S/C14H15N3O/c1-10-6-5-8-13(16-10)14(18)17-11(2)12-7-3-4-9-15-12/h3-9,11H,1-2H3,(H,17,18). The molecule has 0 aliphatic carbocycles. The van der Waals surface area contributed by atoms with E-state index in [-0.39, 0.29) is 11.9 Å². The second kappa shape index (κ2) is 5.40. The third-order valence-corrected chi connectivity index (χ3v) is 2.60. The van der Waals surface area contributed by atoms with Crippen LogP contribution in [0.3, 0.4) is 0 Å². The molecule has 1 atom stereocenters. The van der Waals surface area contributed by atoms with E-state index in [0.29, 0.717) is 5.69 Å². The Kier molecular flexibility index (Phi) is 3.67. The maximum absolute atomic E-state index is 12.0. The van der Waals surface area contributed by atoms with Crippen LogP contribution in [0, 0.1) is 6.92 Å². The van der Waals surface area contributed by atoms with Crippen molar-refractivity contribution in [1.29, 1.82) is 0 Å². The molecule has 1 amide bonds. The summed E-state index contributed by atoms with van der Waals surface area (Å²) in [5.41, 5.74) is 2.09. The molecular formula is C14H15N3O. The highest BCUT2D eigenvalue weighted by Gasteiger charge is 2.12. The third-order valence-electron chi connectivity index (χ3n) is 2.60. The van der Waals surface area contributed by atoms with Crippen LogP contribution in [0.1, 0.15) is 34.8 Å². The van der Waals surface area contributed by atoms with Crippen molar-refractivity contribution in [3.8, 4) is 0 Å². The highest BCUT2D eigenvalue weighted by Crippen LogP contribution is 2.09. The van der Waals surface area contributed by atoms with Crippen molar-refractivity contribution in [1.82, 2.24) is 15.3 Å². The van der Waals surface area contributed by atoms with Crippen LogP contribution < -0.4 is 5.32 Å². The van der Waals surface area contributed by atoms with Gasteiger partial charge in [0.2, 0.25) is 0 Å². The van der Waals surface area contributed by atoms with Crippen LogP contribution in [0.25, 0.3) is 0 Å². The van der Waals surface area contributed by atoms with Gasteiger partial charge in [0, 0.05) is 11.9 Å². The Morgan fingerprint density at radius 2 is 2.06 bits per heavy atom. The van der Waals surface area contributed by atoms with Crippen molar-refractivity contribution in [2.24, 2.45) is 0 Å². The second-order valence-electron chi connectivity index (χ2n) is 4.11. The second-order valence-corrected chi connectivity index (χ2v) is 4.11. The van der Waals surface area contributed by atoms with Crippen LogP contribution in [0.15, 0.2) is 42.6 Å². The van der Waals surface area contributed by atoms with E-state index in [1.54, 1.807) is 12.3 Å². The normalized spacial score (nSPS) is 11.9. The van der Waals surface area contributed by atoms with Crippen LogP contribution >= 0.6 is 0 Å². The Morgan fingerprint density at radius 3 is 2.72 bits per heavy atom. The molecule has 0 radical (unpaired) electrons. The molecule has 0 saturated heterocycles. The van der Waals surface area contributed by atoms with Crippen molar-refractivity contribution < 1.29 is 4.79 Å². The molecule has 0 saturated carbocycles. The molecule has 4 nitrogen and oxygen atoms in total. The average Bonchev–Trinajstić information content (AvgIpc) is 2.39. The summed E-state index contributed by atoms with van der Waals surface area (Å²) in [5.74, 6) is -0.183. The fraction of sp³-hybridized carbons (Fsp3) is 0.214. The van der Waals surface area contributed by atoms with Crippen LogP contribution in [0.5, 0.6) is 0 Å². The first-order valence-corrected chi connectivity index (χ1v) is 5.82. The number of hydrogen-bond donors (Lipinski definition) is 1. The molecule has 92 valence electrons. The Morgan fingerprint density at radius 1 is 1.22 bits per heavy atom. The van der Waals surface area contributed by atoms with E-state index in [9.17, 15) is 4.79 Å². The lowest BCUT2D eigenvalue weighted by atomic mass is 10.2. The summed E-state index contributed by atoms with van der Waals surface area (Å²) < 4.78 is 0. The predicted octanol–water partition coefficient (Wildman–Crippen LogP) is 2.28. The highest BCUT2D eigenvalue weighted by atomic mass is 16.1. The molecule has 0 aliphatic rings. The zero-order chi connectivity index (χ0) is 13.0. The van der Waals surface area contributed by atoms with Crippen molar-refractivity contribution in [2.45, 2.75) is 19.9 Å². The summed E-state index contributed by atoms with van der Waals surface area (Å²) >= 11 is 0. The Balaban J connectivity index is 2.08. The van der Waals surface area contributed by atoms with Gasteiger partial charge >= 0.3 is 0 Å². The first-order valence-electron chi connectivity index (χ1n) is 5.82. The molecule has 4 heteroatoms. The van der Waals surface area contributed by atoms with Crippen LogP contribution in [-0.4, -0.2) is 15.9 Å². The first kappa shape index (κ1) is 12.2. The molecule has 2 aromatic rings. The van der Waals surface area contributed by atoms with Crippen LogP contribution in [0.4, 0.5) is 0 Å². The quantitative estimate of drug-likeness (QED) is 0.896. The van der Waals surface area contributed by atoms with E-state index in [0.717, 1.165) is 11.4 Å². The molecule has 0 fully saturated rings. The fourth-order valence-corrected chi connectivity index (χ4v) is 1.65. The van der Waals surface area contributed by atoms with Gasteiger partial charge in [0.15, 0.2) is 0 Å². The average molecular weight is 241 g/mol. The lowest BCUT2D eigenvalue weighted by Gasteiger charge is -2.12. The molecule has 0 aromatic carbocycles. The predicted molar refractivity (Wildman–Crippen MR) is 69.1 cm³/mol. The maximum Gasteiger partial charge on any atom is 0.270 e.